The average molecular weight is 418 g/mol. The van der Waals surface area contributed by atoms with Gasteiger partial charge in [0.15, 0.2) is 0 Å². The van der Waals surface area contributed by atoms with E-state index in [2.05, 4.69) is 5.32 Å². The van der Waals surface area contributed by atoms with Crippen LogP contribution in [0.15, 0.2) is 72.8 Å². The number of hydrogen-bond acceptors (Lipinski definition) is 3. The molecule has 0 atom stereocenters. The molecule has 0 aliphatic rings. The molecule has 0 aliphatic carbocycles. The van der Waals surface area contributed by atoms with Crippen molar-refractivity contribution in [2.75, 3.05) is 0 Å². The zero-order chi connectivity index (χ0) is 19.1. The number of ether oxygens (including phenoxy) is 1. The first kappa shape index (κ1) is 21.8. The monoisotopic (exact) mass is 417 g/mol. The molecule has 28 heavy (non-hydrogen) atoms. The molecule has 2 N–H and O–H groups in total. The van der Waals surface area contributed by atoms with Crippen LogP contribution in [0.4, 0.5) is 0 Å². The zero-order valence-corrected chi connectivity index (χ0v) is 16.7. The van der Waals surface area contributed by atoms with Crippen molar-refractivity contribution < 1.29 is 14.6 Å². The molecule has 0 heterocycles. The number of nitrogens with one attached hydrogen (secondary N) is 1. The van der Waals surface area contributed by atoms with Crippen molar-refractivity contribution in [3.63, 3.8) is 0 Å². The summed E-state index contributed by atoms with van der Waals surface area (Å²) in [4.78, 5) is 10.9. The van der Waals surface area contributed by atoms with Crippen LogP contribution in [-0.4, -0.2) is 11.1 Å². The van der Waals surface area contributed by atoms with E-state index in [1.165, 1.54) is 0 Å². The standard InChI is InChI=1S/C22H20ClNO3.ClH/c23-21-7-2-1-5-19(21)15-27-20-6-3-4-17(12-20)14-24-13-16-8-10-18(11-9-16)22(25)26;/h1-12,24H,13-15H2,(H,25,26);1H. The van der Waals surface area contributed by atoms with E-state index in [0.717, 1.165) is 22.4 Å². The number of halogens is 2. The second kappa shape index (κ2) is 10.7. The predicted octanol–water partition coefficient (Wildman–Crippen LogP) is 5.33. The SMILES string of the molecule is Cl.O=C(O)c1ccc(CNCc2cccc(OCc3ccccc3Cl)c2)cc1. The topological polar surface area (TPSA) is 58.6 Å². The van der Waals surface area contributed by atoms with Crippen LogP contribution < -0.4 is 10.1 Å². The summed E-state index contributed by atoms with van der Waals surface area (Å²) in [7, 11) is 0. The Morgan fingerprint density at radius 3 is 2.36 bits per heavy atom. The third kappa shape index (κ3) is 6.27. The highest BCUT2D eigenvalue weighted by Gasteiger charge is 2.03. The molecule has 3 aromatic carbocycles. The quantitative estimate of drug-likeness (QED) is 0.519. The molecule has 0 saturated carbocycles. The maximum absolute atomic E-state index is 10.9. The molecule has 0 aromatic heterocycles. The van der Waals surface area contributed by atoms with Crippen LogP contribution >= 0.6 is 24.0 Å². The lowest BCUT2D eigenvalue weighted by atomic mass is 10.1. The maximum Gasteiger partial charge on any atom is 0.335 e. The Kier molecular flexibility index (Phi) is 8.33. The summed E-state index contributed by atoms with van der Waals surface area (Å²) in [5, 5.41) is 13.0. The van der Waals surface area contributed by atoms with Gasteiger partial charge in [0, 0.05) is 23.7 Å². The fourth-order valence-electron chi connectivity index (χ4n) is 2.64. The molecule has 0 saturated heterocycles. The third-order valence-electron chi connectivity index (χ3n) is 4.11. The molecule has 0 radical (unpaired) electrons. The molecule has 146 valence electrons. The van der Waals surface area contributed by atoms with E-state index in [0.29, 0.717) is 30.3 Å². The highest BCUT2D eigenvalue weighted by atomic mass is 35.5. The van der Waals surface area contributed by atoms with Crippen molar-refractivity contribution in [1.29, 1.82) is 0 Å². The van der Waals surface area contributed by atoms with E-state index >= 15 is 0 Å². The van der Waals surface area contributed by atoms with Gasteiger partial charge in [0.2, 0.25) is 0 Å². The first-order valence-corrected chi connectivity index (χ1v) is 8.98. The Balaban J connectivity index is 0.00000280. The Morgan fingerprint density at radius 1 is 0.929 bits per heavy atom. The van der Waals surface area contributed by atoms with Crippen molar-refractivity contribution >= 4 is 30.0 Å². The maximum atomic E-state index is 10.9. The minimum Gasteiger partial charge on any atom is -0.489 e. The van der Waals surface area contributed by atoms with Crippen LogP contribution in [-0.2, 0) is 19.7 Å². The summed E-state index contributed by atoms with van der Waals surface area (Å²) in [5.74, 6) is -0.122. The van der Waals surface area contributed by atoms with Crippen LogP contribution in [0.2, 0.25) is 5.02 Å². The summed E-state index contributed by atoms with van der Waals surface area (Å²) < 4.78 is 5.85. The number of hydrogen-bond donors (Lipinski definition) is 2. The number of carboxylic acids is 1. The fraction of sp³-hybridized carbons (Fsp3) is 0.136. The lowest BCUT2D eigenvalue weighted by Crippen LogP contribution is -2.12. The second-order valence-corrected chi connectivity index (χ2v) is 6.54. The van der Waals surface area contributed by atoms with E-state index in [1.807, 2.05) is 60.7 Å². The third-order valence-corrected chi connectivity index (χ3v) is 4.48. The van der Waals surface area contributed by atoms with Crippen LogP contribution in [0, 0.1) is 0 Å². The molecule has 0 aliphatic heterocycles. The van der Waals surface area contributed by atoms with E-state index in [-0.39, 0.29) is 12.4 Å². The molecule has 0 spiro atoms. The van der Waals surface area contributed by atoms with Gasteiger partial charge in [-0.3, -0.25) is 0 Å². The normalized spacial score (nSPS) is 10.2. The van der Waals surface area contributed by atoms with Crippen molar-refractivity contribution in [1.82, 2.24) is 5.32 Å². The molecule has 3 rings (SSSR count). The number of carbonyl (C=O) groups is 1. The Bertz CT molecular complexity index is 914. The molecule has 0 unspecified atom stereocenters. The molecule has 0 bridgehead atoms. The summed E-state index contributed by atoms with van der Waals surface area (Å²) in [6.07, 6.45) is 0. The summed E-state index contributed by atoms with van der Waals surface area (Å²) >= 11 is 6.15. The summed E-state index contributed by atoms with van der Waals surface area (Å²) in [6.45, 7) is 1.76. The number of rotatable bonds is 8. The first-order valence-electron chi connectivity index (χ1n) is 8.60. The Morgan fingerprint density at radius 2 is 1.64 bits per heavy atom. The fourth-order valence-corrected chi connectivity index (χ4v) is 2.83. The van der Waals surface area contributed by atoms with Gasteiger partial charge in [0.1, 0.15) is 12.4 Å². The smallest absolute Gasteiger partial charge is 0.335 e. The van der Waals surface area contributed by atoms with Gasteiger partial charge in [0.25, 0.3) is 0 Å². The van der Waals surface area contributed by atoms with E-state index in [9.17, 15) is 4.79 Å². The van der Waals surface area contributed by atoms with Crippen LogP contribution in [0.3, 0.4) is 0 Å². The molecular weight excluding hydrogens is 397 g/mol. The second-order valence-electron chi connectivity index (χ2n) is 6.13. The zero-order valence-electron chi connectivity index (χ0n) is 15.1. The largest absolute Gasteiger partial charge is 0.489 e. The average Bonchev–Trinajstić information content (AvgIpc) is 2.68. The van der Waals surface area contributed by atoms with Gasteiger partial charge < -0.3 is 15.2 Å². The number of benzene rings is 3. The predicted molar refractivity (Wildman–Crippen MR) is 113 cm³/mol. The van der Waals surface area contributed by atoms with Gasteiger partial charge in [-0.25, -0.2) is 4.79 Å². The lowest BCUT2D eigenvalue weighted by Gasteiger charge is -2.10. The minimum absolute atomic E-state index is 0. The first-order chi connectivity index (χ1) is 13.1. The molecule has 0 amide bonds. The van der Waals surface area contributed by atoms with E-state index < -0.39 is 5.97 Å². The lowest BCUT2D eigenvalue weighted by molar-refractivity contribution is 0.0697. The van der Waals surface area contributed by atoms with Crippen molar-refractivity contribution in [3.05, 3.63) is 100 Å². The van der Waals surface area contributed by atoms with Crippen LogP contribution in [0.25, 0.3) is 0 Å². The van der Waals surface area contributed by atoms with Gasteiger partial charge >= 0.3 is 5.97 Å². The van der Waals surface area contributed by atoms with Gasteiger partial charge in [-0.05, 0) is 41.5 Å². The molecule has 3 aromatic rings. The van der Waals surface area contributed by atoms with Crippen LogP contribution in [0.5, 0.6) is 5.75 Å². The molecule has 6 heteroatoms. The minimum atomic E-state index is -0.914. The van der Waals surface area contributed by atoms with Crippen LogP contribution in [0.1, 0.15) is 27.0 Å². The van der Waals surface area contributed by atoms with Gasteiger partial charge in [-0.1, -0.05) is 54.1 Å². The van der Waals surface area contributed by atoms with Gasteiger partial charge in [0.05, 0.1) is 5.56 Å². The van der Waals surface area contributed by atoms with Crippen molar-refractivity contribution in [3.8, 4) is 5.75 Å². The summed E-state index contributed by atoms with van der Waals surface area (Å²) in [5.41, 5.74) is 3.38. The number of carboxylic acid groups (broad SMARTS) is 1. The molecule has 0 fully saturated rings. The Hall–Kier alpha value is -2.53. The van der Waals surface area contributed by atoms with Crippen molar-refractivity contribution in [2.45, 2.75) is 19.7 Å². The summed E-state index contributed by atoms with van der Waals surface area (Å²) in [6, 6.07) is 22.4. The Labute approximate surface area is 175 Å². The molecular formula is C22H21Cl2NO3. The highest BCUT2D eigenvalue weighted by molar-refractivity contribution is 6.31. The van der Waals surface area contributed by atoms with Crippen molar-refractivity contribution in [2.24, 2.45) is 0 Å². The number of aromatic carboxylic acids is 1. The van der Waals surface area contributed by atoms with E-state index in [1.54, 1.807) is 12.1 Å². The van der Waals surface area contributed by atoms with Gasteiger partial charge in [-0.15, -0.1) is 12.4 Å². The highest BCUT2D eigenvalue weighted by Crippen LogP contribution is 2.19. The molecule has 4 nitrogen and oxygen atoms in total. The van der Waals surface area contributed by atoms with E-state index in [4.69, 9.17) is 21.4 Å². The van der Waals surface area contributed by atoms with Gasteiger partial charge in [-0.2, -0.15) is 0 Å².